The first kappa shape index (κ1) is 36.3. The highest BCUT2D eigenvalue weighted by Gasteiger charge is 2.81. The van der Waals surface area contributed by atoms with E-state index >= 15 is 0 Å². The molecule has 1 aromatic heterocycles. The lowest BCUT2D eigenvalue weighted by Gasteiger charge is -2.64. The number of nitrogens with two attached hydrogens (primary N) is 2. The Hall–Kier alpha value is -3.45. The Balaban J connectivity index is 0.952. The molecule has 50 heavy (non-hydrogen) atoms. The van der Waals surface area contributed by atoms with Crippen molar-refractivity contribution in [3.8, 4) is 0 Å². The molecular formula is C37H54N4O9. The van der Waals surface area contributed by atoms with Gasteiger partial charge in [0.05, 0.1) is 18.0 Å². The molecule has 5 aliphatic rings. The average molecular weight is 699 g/mol. The fourth-order valence-corrected chi connectivity index (χ4v) is 10.8. The smallest absolute Gasteiger partial charge is 0.335 e. The van der Waals surface area contributed by atoms with E-state index in [9.17, 15) is 29.4 Å². The van der Waals surface area contributed by atoms with Crippen molar-refractivity contribution in [1.29, 1.82) is 0 Å². The summed E-state index contributed by atoms with van der Waals surface area (Å²) in [4.78, 5) is 52.1. The molecule has 1 aliphatic heterocycles. The number of carbonyl (C=O) groups excluding carboxylic acids is 2. The highest BCUT2D eigenvalue weighted by molar-refractivity contribution is 5.83. The summed E-state index contributed by atoms with van der Waals surface area (Å²) in [5.41, 5.74) is 9.82. The SMILES string of the molecule is C[C@]12CC[C@H](OC(=O)CCCCCC(=O)N[C@@H](CCCN=C(N)N)C(=O)O)C[C@@]1(O)CC[C@@H]1[C@@H]2CC[C@]2(C)[C@@H](c3ccc(=O)oc3)C[C@H]3O[C@]132. The van der Waals surface area contributed by atoms with E-state index in [-0.39, 0.29) is 83.8 Å². The summed E-state index contributed by atoms with van der Waals surface area (Å²) in [5.74, 6) is -0.867. The Kier molecular flexibility index (Phi) is 10.1. The van der Waals surface area contributed by atoms with Gasteiger partial charge in [-0.2, -0.15) is 0 Å². The molecule has 10 atom stereocenters. The van der Waals surface area contributed by atoms with Gasteiger partial charge in [-0.25, -0.2) is 9.59 Å². The third kappa shape index (κ3) is 6.55. The number of hydrogen-bond acceptors (Lipinski definition) is 9. The molecule has 2 heterocycles. The van der Waals surface area contributed by atoms with Gasteiger partial charge < -0.3 is 40.9 Å². The number of epoxide rings is 1. The van der Waals surface area contributed by atoms with Crippen LogP contribution < -0.4 is 22.4 Å². The van der Waals surface area contributed by atoms with Crippen molar-refractivity contribution in [3.05, 3.63) is 34.4 Å². The molecule has 1 aromatic rings. The normalized spacial score (nSPS) is 37.2. The third-order valence-corrected chi connectivity index (χ3v) is 13.5. The standard InChI is InChI=1S/C37H54N4O9/c1-34-15-12-23(49-31(44)9-5-3-4-8-29(42)41-27(32(45)46)7-6-18-40-33(38)39)20-36(34,47)17-14-25-24(34)13-16-35(2)26(19-28-37(25,35)50-28)22-10-11-30(43)48-21-22/h10-11,21,23-28,47H,3-9,12-20H2,1-2H3,(H,41,42)(H,45,46)(H4,38,39,40)/t23-,24-,25+,26+,27-,28+,34+,35+,36-,37+/m0/s1. The second-order valence-corrected chi connectivity index (χ2v) is 16.1. The highest BCUT2D eigenvalue weighted by atomic mass is 16.6. The Morgan fingerprint density at radius 3 is 2.48 bits per heavy atom. The van der Waals surface area contributed by atoms with E-state index in [4.69, 9.17) is 25.4 Å². The quantitative estimate of drug-likeness (QED) is 0.0622. The topological polar surface area (TPSA) is 220 Å². The zero-order valence-electron chi connectivity index (χ0n) is 29.4. The number of carbonyl (C=O) groups is 3. The molecule has 4 aliphatic carbocycles. The lowest BCUT2D eigenvalue weighted by atomic mass is 9.42. The number of amides is 1. The van der Waals surface area contributed by atoms with Crippen molar-refractivity contribution in [2.75, 3.05) is 6.54 Å². The predicted octanol–water partition coefficient (Wildman–Crippen LogP) is 3.50. The van der Waals surface area contributed by atoms with Crippen LogP contribution in [0.4, 0.5) is 0 Å². The molecule has 7 N–H and O–H groups in total. The number of carboxylic acid groups (broad SMARTS) is 1. The molecule has 0 aromatic carbocycles. The molecule has 1 spiro atoms. The van der Waals surface area contributed by atoms with Gasteiger partial charge in [-0.1, -0.05) is 20.3 Å². The molecule has 1 saturated heterocycles. The minimum atomic E-state index is -1.11. The van der Waals surface area contributed by atoms with E-state index in [0.29, 0.717) is 56.8 Å². The van der Waals surface area contributed by atoms with Crippen LogP contribution in [0.15, 0.2) is 32.6 Å². The molecule has 6 rings (SSSR count). The van der Waals surface area contributed by atoms with Crippen LogP contribution in [-0.4, -0.2) is 70.0 Å². The van der Waals surface area contributed by atoms with Crippen LogP contribution >= 0.6 is 0 Å². The first-order chi connectivity index (χ1) is 23.7. The number of esters is 1. The number of aliphatic imine (C=N–C) groups is 1. The molecule has 0 radical (unpaired) electrons. The van der Waals surface area contributed by atoms with Crippen molar-refractivity contribution >= 4 is 23.8 Å². The number of unbranched alkanes of at least 4 members (excludes halogenated alkanes) is 2. The zero-order valence-corrected chi connectivity index (χ0v) is 29.4. The van der Waals surface area contributed by atoms with Gasteiger partial charge in [0.25, 0.3) is 0 Å². The number of carboxylic acids is 1. The number of nitrogens with one attached hydrogen (secondary N) is 1. The van der Waals surface area contributed by atoms with Crippen molar-refractivity contribution < 1.29 is 38.5 Å². The van der Waals surface area contributed by atoms with Crippen LogP contribution in [0.3, 0.4) is 0 Å². The van der Waals surface area contributed by atoms with E-state index in [1.165, 1.54) is 6.07 Å². The maximum absolute atomic E-state index is 12.8. The summed E-state index contributed by atoms with van der Waals surface area (Å²) >= 11 is 0. The number of aliphatic carboxylic acids is 1. The number of fused-ring (bicyclic) bond motifs is 3. The van der Waals surface area contributed by atoms with E-state index in [2.05, 4.69) is 24.2 Å². The van der Waals surface area contributed by atoms with E-state index in [1.807, 2.05) is 6.07 Å². The van der Waals surface area contributed by atoms with Crippen molar-refractivity contribution in [2.24, 2.45) is 39.1 Å². The van der Waals surface area contributed by atoms with Crippen molar-refractivity contribution in [1.82, 2.24) is 5.32 Å². The molecule has 0 bridgehead atoms. The third-order valence-electron chi connectivity index (χ3n) is 13.5. The first-order valence-electron chi connectivity index (χ1n) is 18.5. The minimum absolute atomic E-state index is 0.0574. The van der Waals surface area contributed by atoms with Crippen LogP contribution in [0.25, 0.3) is 0 Å². The number of aliphatic hydroxyl groups is 1. The van der Waals surface area contributed by atoms with Gasteiger partial charge in [-0.3, -0.25) is 14.6 Å². The van der Waals surface area contributed by atoms with Crippen molar-refractivity contribution in [2.45, 2.75) is 146 Å². The van der Waals surface area contributed by atoms with Crippen molar-refractivity contribution in [3.63, 3.8) is 0 Å². The van der Waals surface area contributed by atoms with Crippen LogP contribution in [0.2, 0.25) is 0 Å². The predicted molar refractivity (Wildman–Crippen MR) is 183 cm³/mol. The molecule has 5 fully saturated rings. The summed E-state index contributed by atoms with van der Waals surface area (Å²) < 4.78 is 17.8. The highest BCUT2D eigenvalue weighted by Crippen LogP contribution is 2.78. The summed E-state index contributed by atoms with van der Waals surface area (Å²) in [5, 5.41) is 24.2. The molecule has 13 heteroatoms. The first-order valence-corrected chi connectivity index (χ1v) is 18.5. The molecule has 276 valence electrons. The van der Waals surface area contributed by atoms with Gasteiger partial charge in [0.2, 0.25) is 5.91 Å². The fraction of sp³-hybridized carbons (Fsp3) is 0.757. The van der Waals surface area contributed by atoms with Gasteiger partial charge in [0, 0.05) is 37.3 Å². The van der Waals surface area contributed by atoms with Gasteiger partial charge in [-0.05, 0) is 105 Å². The molecule has 13 nitrogen and oxygen atoms in total. The molecule has 4 saturated carbocycles. The molecular weight excluding hydrogens is 644 g/mol. The van der Waals surface area contributed by atoms with Gasteiger partial charge in [0.1, 0.15) is 17.7 Å². The van der Waals surface area contributed by atoms with Gasteiger partial charge >= 0.3 is 17.6 Å². The zero-order chi connectivity index (χ0) is 35.9. The van der Waals surface area contributed by atoms with E-state index in [1.54, 1.807) is 6.26 Å². The monoisotopic (exact) mass is 698 g/mol. The summed E-state index contributed by atoms with van der Waals surface area (Å²) in [6, 6.07) is 2.42. The lowest BCUT2D eigenvalue weighted by Crippen LogP contribution is -2.65. The number of hydrogen-bond donors (Lipinski definition) is 5. The largest absolute Gasteiger partial charge is 0.480 e. The second kappa shape index (κ2) is 13.9. The maximum Gasteiger partial charge on any atom is 0.335 e. The molecule has 0 unspecified atom stereocenters. The van der Waals surface area contributed by atoms with E-state index < -0.39 is 17.6 Å². The fourth-order valence-electron chi connectivity index (χ4n) is 10.8. The number of rotatable bonds is 14. The van der Waals surface area contributed by atoms with Gasteiger partial charge in [-0.15, -0.1) is 0 Å². The van der Waals surface area contributed by atoms with Crippen LogP contribution in [-0.2, 0) is 23.9 Å². The van der Waals surface area contributed by atoms with Gasteiger partial charge in [0.15, 0.2) is 5.96 Å². The second-order valence-electron chi connectivity index (χ2n) is 16.1. The average Bonchev–Trinajstić information content (AvgIpc) is 3.72. The van der Waals surface area contributed by atoms with E-state index in [0.717, 1.165) is 37.7 Å². The molecule has 1 amide bonds. The number of ether oxygens (including phenoxy) is 2. The van der Waals surface area contributed by atoms with Crippen LogP contribution in [0.5, 0.6) is 0 Å². The van der Waals surface area contributed by atoms with Crippen LogP contribution in [0, 0.1) is 22.7 Å². The number of nitrogens with zero attached hydrogens (tertiary/aromatic N) is 1. The maximum atomic E-state index is 12.8. The Bertz CT molecular complexity index is 1520. The Morgan fingerprint density at radius 1 is 1.02 bits per heavy atom. The summed E-state index contributed by atoms with van der Waals surface area (Å²) in [7, 11) is 0. The Morgan fingerprint density at radius 2 is 1.76 bits per heavy atom. The van der Waals surface area contributed by atoms with Crippen LogP contribution in [0.1, 0.15) is 122 Å². The number of guanidine groups is 1. The minimum Gasteiger partial charge on any atom is -0.480 e. The summed E-state index contributed by atoms with van der Waals surface area (Å²) in [6.07, 6.45) is 10.6. The summed E-state index contributed by atoms with van der Waals surface area (Å²) in [6.45, 7) is 4.89. The Labute approximate surface area is 292 Å². The lowest BCUT2D eigenvalue weighted by molar-refractivity contribution is -0.227.